The Balaban J connectivity index is 1.68. The minimum atomic E-state index is -0.294. The van der Waals surface area contributed by atoms with Crippen molar-refractivity contribution >= 4 is 5.65 Å². The molecule has 1 aliphatic rings. The fraction of sp³-hybridized carbons (Fsp3) is 0.545. The Morgan fingerprint density at radius 1 is 1.50 bits per heavy atom. The summed E-state index contributed by atoms with van der Waals surface area (Å²) in [4.78, 5) is 15.3. The third-order valence-corrected chi connectivity index (χ3v) is 3.13. The van der Waals surface area contributed by atoms with Crippen LogP contribution in [0.5, 0.6) is 5.88 Å². The minimum Gasteiger partial charge on any atom is -0.476 e. The maximum absolute atomic E-state index is 11.2. The number of ether oxygens (including phenoxy) is 1. The quantitative estimate of drug-likeness (QED) is 0.796. The van der Waals surface area contributed by atoms with Gasteiger partial charge in [0.2, 0.25) is 5.88 Å². The molecule has 3 heterocycles. The molecule has 7 nitrogen and oxygen atoms in total. The highest BCUT2D eigenvalue weighted by Gasteiger charge is 2.13. The molecule has 1 aliphatic heterocycles. The van der Waals surface area contributed by atoms with Crippen molar-refractivity contribution in [1.82, 2.24) is 24.9 Å². The van der Waals surface area contributed by atoms with Gasteiger partial charge in [-0.15, -0.1) is 0 Å². The molecular formula is C11H15N5O2. The van der Waals surface area contributed by atoms with Crippen molar-refractivity contribution < 1.29 is 4.74 Å². The van der Waals surface area contributed by atoms with Crippen LogP contribution >= 0.6 is 0 Å². The van der Waals surface area contributed by atoms with Gasteiger partial charge >= 0.3 is 5.69 Å². The molecule has 1 atom stereocenters. The van der Waals surface area contributed by atoms with Gasteiger partial charge in [0, 0.05) is 12.1 Å². The van der Waals surface area contributed by atoms with Crippen LogP contribution < -0.4 is 15.7 Å². The molecule has 18 heavy (non-hydrogen) atoms. The first kappa shape index (κ1) is 11.2. The maximum atomic E-state index is 11.2. The average molecular weight is 249 g/mol. The monoisotopic (exact) mass is 249 g/mol. The number of piperidine rings is 1. The van der Waals surface area contributed by atoms with Gasteiger partial charge in [-0.25, -0.2) is 19.3 Å². The van der Waals surface area contributed by atoms with Crippen LogP contribution in [0.4, 0.5) is 0 Å². The number of aromatic amines is 1. The number of rotatable bonds is 3. The second kappa shape index (κ2) is 4.77. The van der Waals surface area contributed by atoms with Gasteiger partial charge in [-0.3, -0.25) is 0 Å². The number of nitrogens with zero attached hydrogens (tertiary/aromatic N) is 3. The largest absolute Gasteiger partial charge is 0.476 e. The SMILES string of the molecule is O=c1[nH]nc2cc(OCC3CCCCN3)ncn12. The van der Waals surface area contributed by atoms with Gasteiger partial charge in [-0.05, 0) is 19.4 Å². The maximum Gasteiger partial charge on any atom is 0.348 e. The van der Waals surface area contributed by atoms with Crippen LogP contribution in [0.2, 0.25) is 0 Å². The Bertz CT molecular complexity index is 584. The van der Waals surface area contributed by atoms with Gasteiger partial charge in [0.05, 0.1) is 0 Å². The molecule has 3 rings (SSSR count). The molecule has 1 saturated heterocycles. The molecule has 1 unspecified atom stereocenters. The molecule has 0 aromatic carbocycles. The van der Waals surface area contributed by atoms with Gasteiger partial charge in [0.15, 0.2) is 5.65 Å². The molecule has 2 N–H and O–H groups in total. The molecule has 1 fully saturated rings. The first-order chi connectivity index (χ1) is 8.83. The van der Waals surface area contributed by atoms with Crippen molar-refractivity contribution in [2.75, 3.05) is 13.2 Å². The van der Waals surface area contributed by atoms with Crippen molar-refractivity contribution in [2.24, 2.45) is 0 Å². The average Bonchev–Trinajstić information content (AvgIpc) is 2.79. The van der Waals surface area contributed by atoms with Gasteiger partial charge < -0.3 is 10.1 Å². The van der Waals surface area contributed by atoms with E-state index in [9.17, 15) is 4.79 Å². The van der Waals surface area contributed by atoms with E-state index >= 15 is 0 Å². The Morgan fingerprint density at radius 3 is 3.28 bits per heavy atom. The summed E-state index contributed by atoms with van der Waals surface area (Å²) in [6, 6.07) is 2.04. The molecule has 0 aliphatic carbocycles. The molecule has 0 bridgehead atoms. The van der Waals surface area contributed by atoms with E-state index in [-0.39, 0.29) is 5.69 Å². The van der Waals surface area contributed by atoms with Crippen LogP contribution in [0.15, 0.2) is 17.2 Å². The normalized spacial score (nSPS) is 20.1. The Morgan fingerprint density at radius 2 is 2.44 bits per heavy atom. The second-order valence-corrected chi connectivity index (χ2v) is 4.44. The first-order valence-corrected chi connectivity index (χ1v) is 6.12. The van der Waals surface area contributed by atoms with E-state index in [4.69, 9.17) is 4.74 Å². The van der Waals surface area contributed by atoms with Crippen LogP contribution in [-0.2, 0) is 0 Å². The molecule has 7 heteroatoms. The highest BCUT2D eigenvalue weighted by Crippen LogP contribution is 2.11. The fourth-order valence-electron chi connectivity index (χ4n) is 2.12. The van der Waals surface area contributed by atoms with Crippen LogP contribution in [0.25, 0.3) is 5.65 Å². The van der Waals surface area contributed by atoms with Crippen LogP contribution in [0, 0.1) is 0 Å². The second-order valence-electron chi connectivity index (χ2n) is 4.44. The molecule has 0 saturated carbocycles. The predicted molar refractivity (Wildman–Crippen MR) is 64.7 cm³/mol. The first-order valence-electron chi connectivity index (χ1n) is 6.12. The smallest absolute Gasteiger partial charge is 0.348 e. The number of nitrogens with one attached hydrogen (secondary N) is 2. The van der Waals surface area contributed by atoms with Crippen LogP contribution in [0.1, 0.15) is 19.3 Å². The highest BCUT2D eigenvalue weighted by atomic mass is 16.5. The summed E-state index contributed by atoms with van der Waals surface area (Å²) in [5.41, 5.74) is 0.222. The van der Waals surface area contributed by atoms with Gasteiger partial charge in [-0.1, -0.05) is 6.42 Å². The zero-order valence-electron chi connectivity index (χ0n) is 9.93. The van der Waals surface area contributed by atoms with Crippen LogP contribution in [0.3, 0.4) is 0 Å². The number of fused-ring (bicyclic) bond motifs is 1. The molecule has 2 aromatic rings. The van der Waals surface area contributed by atoms with E-state index in [0.29, 0.717) is 24.2 Å². The number of hydrogen-bond acceptors (Lipinski definition) is 5. The number of H-pyrrole nitrogens is 1. The van der Waals surface area contributed by atoms with Crippen molar-refractivity contribution in [3.05, 3.63) is 22.9 Å². The lowest BCUT2D eigenvalue weighted by Gasteiger charge is -2.23. The van der Waals surface area contributed by atoms with Gasteiger partial charge in [-0.2, -0.15) is 5.10 Å². The lowest BCUT2D eigenvalue weighted by molar-refractivity contribution is 0.232. The summed E-state index contributed by atoms with van der Waals surface area (Å²) in [5.74, 6) is 0.494. The molecule has 96 valence electrons. The third-order valence-electron chi connectivity index (χ3n) is 3.13. The fourth-order valence-corrected chi connectivity index (χ4v) is 2.12. The zero-order chi connectivity index (χ0) is 12.4. The molecule has 0 spiro atoms. The zero-order valence-corrected chi connectivity index (χ0v) is 9.93. The topological polar surface area (TPSA) is 84.3 Å². The summed E-state index contributed by atoms with van der Waals surface area (Å²) in [6.45, 7) is 1.65. The van der Waals surface area contributed by atoms with Crippen LogP contribution in [-0.4, -0.2) is 38.8 Å². The van der Waals surface area contributed by atoms with Crippen molar-refractivity contribution in [3.63, 3.8) is 0 Å². The molecular weight excluding hydrogens is 234 g/mol. The van der Waals surface area contributed by atoms with E-state index in [1.807, 2.05) is 0 Å². The summed E-state index contributed by atoms with van der Waals surface area (Å²) in [6.07, 6.45) is 5.02. The third kappa shape index (κ3) is 2.21. The van der Waals surface area contributed by atoms with E-state index in [2.05, 4.69) is 20.5 Å². The Hall–Kier alpha value is -1.89. The molecule has 2 aromatic heterocycles. The lowest BCUT2D eigenvalue weighted by atomic mass is 10.1. The summed E-state index contributed by atoms with van der Waals surface area (Å²) in [7, 11) is 0. The van der Waals surface area contributed by atoms with Crippen molar-refractivity contribution in [2.45, 2.75) is 25.3 Å². The number of aromatic nitrogens is 4. The van der Waals surface area contributed by atoms with E-state index in [0.717, 1.165) is 13.0 Å². The molecule has 0 amide bonds. The van der Waals surface area contributed by atoms with E-state index in [1.165, 1.54) is 23.6 Å². The van der Waals surface area contributed by atoms with Crippen molar-refractivity contribution in [1.29, 1.82) is 0 Å². The Labute approximate surface area is 103 Å². The summed E-state index contributed by atoms with van der Waals surface area (Å²) >= 11 is 0. The van der Waals surface area contributed by atoms with Gasteiger partial charge in [0.1, 0.15) is 12.9 Å². The predicted octanol–water partition coefficient (Wildman–Crippen LogP) is -0.0615. The summed E-state index contributed by atoms with van der Waals surface area (Å²) in [5, 5.41) is 9.62. The van der Waals surface area contributed by atoms with E-state index in [1.54, 1.807) is 6.07 Å². The summed E-state index contributed by atoms with van der Waals surface area (Å²) < 4.78 is 6.96. The van der Waals surface area contributed by atoms with Gasteiger partial charge in [0.25, 0.3) is 0 Å². The lowest BCUT2D eigenvalue weighted by Crippen LogP contribution is -2.38. The standard InChI is InChI=1S/C11H15N5O2/c17-11-15-14-9-5-10(13-7-16(9)11)18-6-8-3-1-2-4-12-8/h5,7-8,12H,1-4,6H2,(H,15,17). The highest BCUT2D eigenvalue weighted by molar-refractivity contribution is 5.38. The van der Waals surface area contributed by atoms with Crippen molar-refractivity contribution in [3.8, 4) is 5.88 Å². The Kier molecular flexibility index (Phi) is 2.97. The van der Waals surface area contributed by atoms with E-state index < -0.39 is 0 Å². The molecule has 0 radical (unpaired) electrons. The minimum absolute atomic E-state index is 0.294. The number of hydrogen-bond donors (Lipinski definition) is 2.